The summed E-state index contributed by atoms with van der Waals surface area (Å²) in [5.41, 5.74) is 0.821. The maximum Gasteiger partial charge on any atom is 0.326 e. The van der Waals surface area contributed by atoms with Crippen LogP contribution in [-0.2, 0) is 35.1 Å². The van der Waals surface area contributed by atoms with Crippen LogP contribution in [0.2, 0.25) is 0 Å². The quantitative estimate of drug-likeness (QED) is 0.309. The van der Waals surface area contributed by atoms with Gasteiger partial charge in [0.1, 0.15) is 6.04 Å². The van der Waals surface area contributed by atoms with Gasteiger partial charge < -0.3 is 29.3 Å². The van der Waals surface area contributed by atoms with Gasteiger partial charge in [0, 0.05) is 41.3 Å². The molecule has 0 spiro atoms. The largest absolute Gasteiger partial charge is 0.480 e. The minimum atomic E-state index is -1.08. The van der Waals surface area contributed by atoms with E-state index in [1.165, 1.54) is 19.1 Å². The molecule has 0 aliphatic carbocycles. The van der Waals surface area contributed by atoms with Crippen LogP contribution in [0.5, 0.6) is 0 Å². The second kappa shape index (κ2) is 15.7. The fourth-order valence-electron chi connectivity index (χ4n) is 5.96. The van der Waals surface area contributed by atoms with Crippen LogP contribution in [-0.4, -0.2) is 109 Å². The molecule has 10 heteroatoms. The summed E-state index contributed by atoms with van der Waals surface area (Å²) in [6.45, 7) is 6.33. The average Bonchev–Trinajstić information content (AvgIpc) is 3.44. The highest BCUT2D eigenvalue weighted by Gasteiger charge is 2.43. The number of rotatable bonds is 16. The molecule has 1 aromatic carbocycles. The van der Waals surface area contributed by atoms with Gasteiger partial charge in [0.25, 0.3) is 0 Å². The third kappa shape index (κ3) is 8.04. The van der Waals surface area contributed by atoms with Gasteiger partial charge in [-0.3, -0.25) is 14.4 Å². The molecule has 0 bridgehead atoms. The second-order valence-electron chi connectivity index (χ2n) is 10.9. The molecule has 0 saturated carbocycles. The van der Waals surface area contributed by atoms with Gasteiger partial charge in [-0.2, -0.15) is 0 Å². The topological polar surface area (TPSA) is 117 Å². The van der Waals surface area contributed by atoms with E-state index in [2.05, 4.69) is 0 Å². The highest BCUT2D eigenvalue weighted by Crippen LogP contribution is 2.30. The summed E-state index contributed by atoms with van der Waals surface area (Å²) >= 11 is 0. The highest BCUT2D eigenvalue weighted by molar-refractivity contribution is 5.85. The number of amides is 3. The van der Waals surface area contributed by atoms with Gasteiger partial charge in [-0.1, -0.05) is 57.5 Å². The molecule has 224 valence electrons. The molecule has 1 fully saturated rings. The van der Waals surface area contributed by atoms with Crippen LogP contribution >= 0.6 is 0 Å². The Morgan fingerprint density at radius 3 is 2.30 bits per heavy atom. The molecule has 7 atom stereocenters. The van der Waals surface area contributed by atoms with Gasteiger partial charge in [-0.15, -0.1) is 0 Å². The number of hydrogen-bond acceptors (Lipinski definition) is 6. The number of nitrogens with zero attached hydrogens (tertiary/aromatic N) is 3. The number of carbonyl (C=O) groups is 4. The minimum absolute atomic E-state index is 0.0943. The van der Waals surface area contributed by atoms with Crippen molar-refractivity contribution in [2.24, 2.45) is 11.8 Å². The van der Waals surface area contributed by atoms with Gasteiger partial charge in [0.05, 0.1) is 36.6 Å². The van der Waals surface area contributed by atoms with E-state index in [4.69, 9.17) is 9.47 Å². The van der Waals surface area contributed by atoms with Crippen molar-refractivity contribution in [2.45, 2.75) is 83.2 Å². The Kier molecular flexibility index (Phi) is 13.1. The smallest absolute Gasteiger partial charge is 0.326 e. The number of likely N-dealkylation sites (N-methyl/N-ethyl adjacent to an activating group) is 2. The zero-order valence-electron chi connectivity index (χ0n) is 25.0. The molecule has 1 aromatic rings. The van der Waals surface area contributed by atoms with Crippen LogP contribution < -0.4 is 0 Å². The SMILES string of the molecule is CC[C@H](C)[C@@H](C(CC(=O)N1CCC[C@H]1[C@H](OC)[C@@H](C)C(=O)N(C)[C@@H](Cc1ccccc1)C(=O)O)OC)N(C)C=O. The lowest BCUT2D eigenvalue weighted by Gasteiger charge is -2.38. The zero-order chi connectivity index (χ0) is 30.0. The van der Waals surface area contributed by atoms with Crippen LogP contribution in [0.3, 0.4) is 0 Å². The van der Waals surface area contributed by atoms with E-state index in [1.54, 1.807) is 30.9 Å². The molecule has 2 rings (SSSR count). The molecule has 1 unspecified atom stereocenters. The fourth-order valence-corrected chi connectivity index (χ4v) is 5.96. The highest BCUT2D eigenvalue weighted by atomic mass is 16.5. The van der Waals surface area contributed by atoms with E-state index in [0.29, 0.717) is 13.0 Å². The molecular weight excluding hydrogens is 514 g/mol. The molecular formula is C30H47N3O7. The number of carbonyl (C=O) groups excluding carboxylic acids is 3. The summed E-state index contributed by atoms with van der Waals surface area (Å²) < 4.78 is 11.6. The van der Waals surface area contributed by atoms with Crippen LogP contribution in [0, 0.1) is 11.8 Å². The number of likely N-dealkylation sites (tertiary alicyclic amines) is 1. The van der Waals surface area contributed by atoms with E-state index in [0.717, 1.165) is 24.8 Å². The number of hydrogen-bond donors (Lipinski definition) is 1. The molecule has 1 saturated heterocycles. The summed E-state index contributed by atoms with van der Waals surface area (Å²) in [5.74, 6) is -2.11. The Morgan fingerprint density at radius 1 is 1.12 bits per heavy atom. The Balaban J connectivity index is 2.20. The molecule has 10 nitrogen and oxygen atoms in total. The summed E-state index contributed by atoms with van der Waals surface area (Å²) in [6, 6.07) is 7.56. The number of ether oxygens (including phenoxy) is 2. The normalized spacial score (nSPS) is 19.7. The van der Waals surface area contributed by atoms with E-state index >= 15 is 0 Å². The predicted octanol–water partition coefficient (Wildman–Crippen LogP) is 2.69. The van der Waals surface area contributed by atoms with Gasteiger partial charge in [-0.25, -0.2) is 4.79 Å². The van der Waals surface area contributed by atoms with Crippen molar-refractivity contribution in [2.75, 3.05) is 34.9 Å². The van der Waals surface area contributed by atoms with E-state index in [-0.39, 0.29) is 42.7 Å². The van der Waals surface area contributed by atoms with Gasteiger partial charge in [-0.05, 0) is 24.3 Å². The Morgan fingerprint density at radius 2 is 1.77 bits per heavy atom. The third-order valence-electron chi connectivity index (χ3n) is 8.45. The fraction of sp³-hybridized carbons (Fsp3) is 0.667. The van der Waals surface area contributed by atoms with Crippen molar-refractivity contribution in [1.82, 2.24) is 14.7 Å². The second-order valence-corrected chi connectivity index (χ2v) is 10.9. The number of carboxylic acids is 1. The molecule has 3 amide bonds. The van der Waals surface area contributed by atoms with E-state index in [1.807, 2.05) is 44.2 Å². The summed E-state index contributed by atoms with van der Waals surface area (Å²) in [7, 11) is 6.28. The molecule has 40 heavy (non-hydrogen) atoms. The summed E-state index contributed by atoms with van der Waals surface area (Å²) in [5, 5.41) is 9.91. The first-order chi connectivity index (χ1) is 19.0. The third-order valence-corrected chi connectivity index (χ3v) is 8.45. The van der Waals surface area contributed by atoms with Crippen LogP contribution in [0.25, 0.3) is 0 Å². The molecule has 0 aromatic heterocycles. The first-order valence-electron chi connectivity index (χ1n) is 14.1. The number of carboxylic acid groups (broad SMARTS) is 1. The first-order valence-corrected chi connectivity index (χ1v) is 14.1. The van der Waals surface area contributed by atoms with Gasteiger partial charge in [0.2, 0.25) is 18.2 Å². The van der Waals surface area contributed by atoms with Crippen molar-refractivity contribution in [1.29, 1.82) is 0 Å². The molecule has 1 heterocycles. The number of benzene rings is 1. The monoisotopic (exact) mass is 561 g/mol. The van der Waals surface area contributed by atoms with Crippen LogP contribution in [0.4, 0.5) is 0 Å². The van der Waals surface area contributed by atoms with Gasteiger partial charge in [0.15, 0.2) is 0 Å². The van der Waals surface area contributed by atoms with Crippen molar-refractivity contribution in [3.05, 3.63) is 35.9 Å². The van der Waals surface area contributed by atoms with Crippen LogP contribution in [0.1, 0.15) is 52.0 Å². The van der Waals surface area contributed by atoms with Crippen LogP contribution in [0.15, 0.2) is 30.3 Å². The predicted molar refractivity (Wildman–Crippen MR) is 152 cm³/mol. The lowest BCUT2D eigenvalue weighted by Crippen LogP contribution is -2.53. The number of methoxy groups -OCH3 is 2. The number of aliphatic carboxylic acids is 1. The maximum atomic E-state index is 13.6. The zero-order valence-corrected chi connectivity index (χ0v) is 25.0. The Labute approximate surface area is 238 Å². The molecule has 1 aliphatic rings. The average molecular weight is 562 g/mol. The standard InChI is InChI=1S/C30H47N3O7/c1-8-20(2)27(31(4)19-34)25(39-6)18-26(35)33-16-12-15-23(33)28(40-7)21(3)29(36)32(5)24(30(37)38)17-22-13-10-9-11-14-22/h9-11,13-14,19-21,23-25,27-28H,8,12,15-18H2,1-7H3,(H,37,38)/t20-,21+,23-,24-,25?,27-,28+/m0/s1. The van der Waals surface area contributed by atoms with Crippen molar-refractivity contribution >= 4 is 24.2 Å². The van der Waals surface area contributed by atoms with Crippen molar-refractivity contribution in [3.63, 3.8) is 0 Å². The Bertz CT molecular complexity index is 975. The minimum Gasteiger partial charge on any atom is -0.480 e. The van der Waals surface area contributed by atoms with Gasteiger partial charge >= 0.3 is 5.97 Å². The molecule has 1 aliphatic heterocycles. The molecule has 0 radical (unpaired) electrons. The molecule has 1 N–H and O–H groups in total. The lowest BCUT2D eigenvalue weighted by atomic mass is 9.90. The first kappa shape index (κ1) is 33.2. The van der Waals surface area contributed by atoms with Crippen molar-refractivity contribution < 1.29 is 33.8 Å². The lowest BCUT2D eigenvalue weighted by molar-refractivity contribution is -0.154. The summed E-state index contributed by atoms with van der Waals surface area (Å²) in [6.07, 6.45) is 2.19. The van der Waals surface area contributed by atoms with Crippen molar-refractivity contribution in [3.8, 4) is 0 Å². The van der Waals surface area contributed by atoms with E-state index < -0.39 is 30.1 Å². The Hall–Kier alpha value is -2.98. The summed E-state index contributed by atoms with van der Waals surface area (Å²) in [4.78, 5) is 55.5. The maximum absolute atomic E-state index is 13.6. The van der Waals surface area contributed by atoms with E-state index in [9.17, 15) is 24.3 Å².